The standard InChI is InChI=1S/3C6H6N4O4/c3*7-6(11)9-8-3-4-1-2-5(14-4)10(12)13/h3*1-3H,(H3,7,9,11)/b3*8-3+. The second-order valence-electron chi connectivity index (χ2n) is 6.50. The summed E-state index contributed by atoms with van der Waals surface area (Å²) in [6.45, 7) is 0. The quantitative estimate of drug-likeness (QED) is 0.112. The maximum absolute atomic E-state index is 10.2. The average molecular weight is 594 g/mol. The van der Waals surface area contributed by atoms with Gasteiger partial charge in [0.1, 0.15) is 14.8 Å². The first kappa shape index (κ1) is 32.9. The van der Waals surface area contributed by atoms with Gasteiger partial charge in [-0.05, 0) is 18.2 Å². The highest BCUT2D eigenvalue weighted by Gasteiger charge is 2.11. The lowest BCUT2D eigenvalue weighted by molar-refractivity contribution is -0.402. The third kappa shape index (κ3) is 13.4. The number of furan rings is 3. The summed E-state index contributed by atoms with van der Waals surface area (Å²) in [4.78, 5) is 59.0. The van der Waals surface area contributed by atoms with Crippen LogP contribution in [0.25, 0.3) is 0 Å². The fraction of sp³-hybridized carbons (Fsp3) is 0. The number of hydrogen-bond acceptors (Lipinski definition) is 15. The summed E-state index contributed by atoms with van der Waals surface area (Å²) in [5.41, 5.74) is 19.9. The number of nitrogens with two attached hydrogens (primary N) is 3. The number of hydrazone groups is 3. The Morgan fingerprint density at radius 1 is 0.571 bits per heavy atom. The van der Waals surface area contributed by atoms with E-state index < -0.39 is 50.5 Å². The number of nitro groups is 3. The zero-order valence-corrected chi connectivity index (χ0v) is 20.5. The van der Waals surface area contributed by atoms with E-state index in [2.05, 4.69) is 28.6 Å². The summed E-state index contributed by atoms with van der Waals surface area (Å²) in [6, 6.07) is 5.04. The third-order valence-corrected chi connectivity index (χ3v) is 3.48. The van der Waals surface area contributed by atoms with Crippen molar-refractivity contribution < 1.29 is 42.4 Å². The molecule has 0 aromatic carbocycles. The van der Waals surface area contributed by atoms with Gasteiger partial charge in [0.05, 0.1) is 36.8 Å². The van der Waals surface area contributed by atoms with Gasteiger partial charge >= 0.3 is 35.7 Å². The topological polar surface area (TPSA) is 371 Å². The molecule has 24 heteroatoms. The highest BCUT2D eigenvalue weighted by Crippen LogP contribution is 2.15. The fourth-order valence-corrected chi connectivity index (χ4v) is 2.01. The van der Waals surface area contributed by atoms with Crippen molar-refractivity contribution >= 4 is 54.4 Å². The molecule has 0 spiro atoms. The smallest absolute Gasteiger partial charge is 0.400 e. The number of amides is 6. The van der Waals surface area contributed by atoms with Crippen LogP contribution in [0.1, 0.15) is 17.3 Å². The summed E-state index contributed by atoms with van der Waals surface area (Å²) in [7, 11) is 0. The van der Waals surface area contributed by atoms with E-state index in [0.717, 1.165) is 18.6 Å². The van der Waals surface area contributed by atoms with Gasteiger partial charge in [0.15, 0.2) is 17.3 Å². The zero-order chi connectivity index (χ0) is 31.7. The van der Waals surface area contributed by atoms with E-state index in [0.29, 0.717) is 0 Å². The Balaban J connectivity index is 0.000000315. The van der Waals surface area contributed by atoms with Gasteiger partial charge in [-0.2, -0.15) is 15.3 Å². The van der Waals surface area contributed by atoms with Gasteiger partial charge in [-0.15, -0.1) is 0 Å². The fourth-order valence-electron chi connectivity index (χ4n) is 2.01. The van der Waals surface area contributed by atoms with Gasteiger partial charge in [-0.1, -0.05) is 0 Å². The number of carbonyl (C=O) groups is 3. The molecule has 3 aromatic heterocycles. The lowest BCUT2D eigenvalue weighted by Crippen LogP contribution is -2.24. The number of urea groups is 3. The Hall–Kier alpha value is -7.14. The van der Waals surface area contributed by atoms with Gasteiger partial charge in [0.25, 0.3) is 0 Å². The first-order valence-electron chi connectivity index (χ1n) is 10.3. The molecular formula is C18H18N12O12. The van der Waals surface area contributed by atoms with Crippen LogP contribution in [0, 0.1) is 30.3 Å². The number of nitrogens with zero attached hydrogens (tertiary/aromatic N) is 6. The Labute approximate surface area is 230 Å². The van der Waals surface area contributed by atoms with E-state index in [1.165, 1.54) is 36.4 Å². The lowest BCUT2D eigenvalue weighted by Gasteiger charge is -1.88. The van der Waals surface area contributed by atoms with Crippen LogP contribution in [0.4, 0.5) is 32.0 Å². The largest absolute Gasteiger partial charge is 0.433 e. The molecule has 42 heavy (non-hydrogen) atoms. The van der Waals surface area contributed by atoms with Crippen molar-refractivity contribution in [2.75, 3.05) is 0 Å². The number of primary amides is 3. The molecule has 9 N–H and O–H groups in total. The first-order valence-corrected chi connectivity index (χ1v) is 10.3. The van der Waals surface area contributed by atoms with E-state index in [1.54, 1.807) is 0 Å². The van der Waals surface area contributed by atoms with Crippen molar-refractivity contribution in [2.24, 2.45) is 32.5 Å². The maximum Gasteiger partial charge on any atom is 0.433 e. The van der Waals surface area contributed by atoms with Crippen molar-refractivity contribution in [1.82, 2.24) is 16.3 Å². The van der Waals surface area contributed by atoms with E-state index in [9.17, 15) is 44.7 Å². The molecule has 0 bridgehead atoms. The predicted molar refractivity (Wildman–Crippen MR) is 137 cm³/mol. The monoisotopic (exact) mass is 594 g/mol. The molecule has 0 aliphatic carbocycles. The van der Waals surface area contributed by atoms with Crippen LogP contribution in [0.15, 0.2) is 65.0 Å². The summed E-state index contributed by atoms with van der Waals surface area (Å²) >= 11 is 0. The van der Waals surface area contributed by atoms with Crippen LogP contribution in [0.2, 0.25) is 0 Å². The number of carbonyl (C=O) groups excluding carboxylic acids is 3. The summed E-state index contributed by atoms with van der Waals surface area (Å²) in [6.07, 6.45) is 3.29. The van der Waals surface area contributed by atoms with Crippen molar-refractivity contribution in [3.63, 3.8) is 0 Å². The predicted octanol–water partition coefficient (Wildman–Crippen LogP) is 0.570. The number of rotatable bonds is 9. The summed E-state index contributed by atoms with van der Waals surface area (Å²) in [5.74, 6) is -0.761. The lowest BCUT2D eigenvalue weighted by atomic mass is 10.5. The van der Waals surface area contributed by atoms with Crippen molar-refractivity contribution in [1.29, 1.82) is 0 Å². The minimum absolute atomic E-state index is 0.144. The molecule has 3 rings (SSSR count). The Morgan fingerprint density at radius 2 is 0.810 bits per heavy atom. The van der Waals surface area contributed by atoms with E-state index in [4.69, 9.17) is 17.2 Å². The van der Waals surface area contributed by atoms with Crippen LogP contribution in [-0.4, -0.2) is 51.5 Å². The van der Waals surface area contributed by atoms with Crippen LogP contribution in [-0.2, 0) is 0 Å². The highest BCUT2D eigenvalue weighted by atomic mass is 16.7. The van der Waals surface area contributed by atoms with Gasteiger partial charge in [0.2, 0.25) is 0 Å². The molecule has 0 atom stereocenters. The average Bonchev–Trinajstić information content (AvgIpc) is 3.66. The minimum Gasteiger partial charge on any atom is -0.400 e. The SMILES string of the molecule is NC(=O)N/N=C/c1ccc([N+](=O)[O-])o1.NC(=O)N/N=C/c1ccc([N+](=O)[O-])o1.NC(=O)N/N=C/c1ccc([N+](=O)[O-])o1. The molecule has 6 amide bonds. The van der Waals surface area contributed by atoms with Gasteiger partial charge < -0.3 is 30.5 Å². The molecule has 222 valence electrons. The molecule has 0 aliphatic heterocycles. The molecule has 0 saturated heterocycles. The third-order valence-electron chi connectivity index (χ3n) is 3.48. The molecule has 0 unspecified atom stereocenters. The van der Waals surface area contributed by atoms with Crippen LogP contribution in [0.3, 0.4) is 0 Å². The number of hydrogen-bond donors (Lipinski definition) is 6. The molecule has 3 aromatic rings. The number of nitrogens with one attached hydrogen (secondary N) is 3. The second kappa shape index (κ2) is 16.7. The van der Waals surface area contributed by atoms with E-state index >= 15 is 0 Å². The first-order chi connectivity index (χ1) is 19.8. The Kier molecular flexibility index (Phi) is 13.0. The normalized spacial score (nSPS) is 10.3. The van der Waals surface area contributed by atoms with Crippen LogP contribution >= 0.6 is 0 Å². The van der Waals surface area contributed by atoms with Gasteiger partial charge in [0, 0.05) is 0 Å². The van der Waals surface area contributed by atoms with E-state index in [-0.39, 0.29) is 17.3 Å². The van der Waals surface area contributed by atoms with E-state index in [1.807, 2.05) is 16.3 Å². The van der Waals surface area contributed by atoms with Crippen LogP contribution < -0.4 is 33.5 Å². The van der Waals surface area contributed by atoms with Crippen molar-refractivity contribution in [3.8, 4) is 0 Å². The molecule has 3 heterocycles. The summed E-state index contributed by atoms with van der Waals surface area (Å²) in [5, 5.41) is 40.6. The molecule has 24 nitrogen and oxygen atoms in total. The second-order valence-corrected chi connectivity index (χ2v) is 6.50. The molecule has 0 aliphatic rings. The van der Waals surface area contributed by atoms with Crippen molar-refractivity contribution in [2.45, 2.75) is 0 Å². The molecule has 0 fully saturated rings. The van der Waals surface area contributed by atoms with Gasteiger partial charge in [-0.3, -0.25) is 30.3 Å². The Bertz CT molecular complexity index is 1330. The summed E-state index contributed by atoms with van der Waals surface area (Å²) < 4.78 is 14.1. The van der Waals surface area contributed by atoms with Crippen LogP contribution in [0.5, 0.6) is 0 Å². The highest BCUT2D eigenvalue weighted by molar-refractivity contribution is 5.80. The molecular weight excluding hydrogens is 576 g/mol. The molecule has 0 radical (unpaired) electrons. The maximum atomic E-state index is 10.2. The Morgan fingerprint density at radius 3 is 0.976 bits per heavy atom. The zero-order valence-electron chi connectivity index (χ0n) is 20.5. The minimum atomic E-state index is -0.831. The molecule has 0 saturated carbocycles. The van der Waals surface area contributed by atoms with Gasteiger partial charge in [-0.25, -0.2) is 30.7 Å². The van der Waals surface area contributed by atoms with Crippen molar-refractivity contribution in [3.05, 3.63) is 84.0 Å².